The molecule has 0 saturated carbocycles. The number of nitrogens with zero attached hydrogens (tertiary/aromatic N) is 6. The molecule has 0 atom stereocenters. The molecule has 2 aromatic carbocycles. The van der Waals surface area contributed by atoms with Crippen molar-refractivity contribution in [2.45, 2.75) is 26.8 Å². The van der Waals surface area contributed by atoms with Crippen molar-refractivity contribution in [2.75, 3.05) is 0 Å². The number of benzene rings is 2. The van der Waals surface area contributed by atoms with Crippen molar-refractivity contribution in [3.63, 3.8) is 0 Å². The van der Waals surface area contributed by atoms with E-state index in [2.05, 4.69) is 38.0 Å². The van der Waals surface area contributed by atoms with Gasteiger partial charge in [0.1, 0.15) is 5.82 Å². The fraction of sp³-hybridized carbons (Fsp3) is 0.227. The number of rotatable bonds is 6. The summed E-state index contributed by atoms with van der Waals surface area (Å²) >= 11 is 0. The summed E-state index contributed by atoms with van der Waals surface area (Å²) in [5, 5.41) is 14.9. The molecule has 1 N–H and O–H groups in total. The SMILES string of the molecule is CCc1nnnn1-c1cc(C(=O)NCc2nccn2C)cc(-c2ccc(C)cc2)c1. The number of aromatic nitrogens is 6. The van der Waals surface area contributed by atoms with Crippen LogP contribution in [0.5, 0.6) is 0 Å². The third-order valence-corrected chi connectivity index (χ3v) is 4.99. The Bertz CT molecular complexity index is 1170. The molecule has 30 heavy (non-hydrogen) atoms. The Balaban J connectivity index is 1.72. The molecule has 1 amide bonds. The lowest BCUT2D eigenvalue weighted by Gasteiger charge is -2.12. The largest absolute Gasteiger partial charge is 0.345 e. The maximum atomic E-state index is 13.0. The molecule has 2 aromatic heterocycles. The smallest absolute Gasteiger partial charge is 0.251 e. The summed E-state index contributed by atoms with van der Waals surface area (Å²) in [6, 6.07) is 13.9. The lowest BCUT2D eigenvalue weighted by molar-refractivity contribution is 0.0949. The molecule has 0 saturated heterocycles. The number of aryl methyl sites for hydroxylation is 3. The Morgan fingerprint density at radius 3 is 2.57 bits per heavy atom. The van der Waals surface area contributed by atoms with Crippen LogP contribution >= 0.6 is 0 Å². The van der Waals surface area contributed by atoms with Gasteiger partial charge in [-0.1, -0.05) is 36.8 Å². The maximum Gasteiger partial charge on any atom is 0.251 e. The molecule has 4 rings (SSSR count). The highest BCUT2D eigenvalue weighted by Gasteiger charge is 2.14. The first kappa shape index (κ1) is 19.5. The first-order valence-corrected chi connectivity index (χ1v) is 9.79. The highest BCUT2D eigenvalue weighted by Crippen LogP contribution is 2.25. The molecule has 0 radical (unpaired) electrons. The summed E-state index contributed by atoms with van der Waals surface area (Å²) < 4.78 is 3.55. The van der Waals surface area contributed by atoms with E-state index in [0.717, 1.165) is 28.5 Å². The fourth-order valence-corrected chi connectivity index (χ4v) is 3.23. The molecule has 8 nitrogen and oxygen atoms in total. The zero-order valence-electron chi connectivity index (χ0n) is 17.2. The Labute approximate surface area is 174 Å². The van der Waals surface area contributed by atoms with Gasteiger partial charge in [-0.05, 0) is 46.7 Å². The second-order valence-corrected chi connectivity index (χ2v) is 7.13. The van der Waals surface area contributed by atoms with Crippen LogP contribution in [-0.2, 0) is 20.0 Å². The van der Waals surface area contributed by atoms with E-state index in [1.807, 2.05) is 55.9 Å². The van der Waals surface area contributed by atoms with E-state index in [0.29, 0.717) is 18.5 Å². The van der Waals surface area contributed by atoms with Gasteiger partial charge in [-0.25, -0.2) is 4.98 Å². The number of amides is 1. The molecule has 0 bridgehead atoms. The van der Waals surface area contributed by atoms with Gasteiger partial charge in [-0.15, -0.1) is 5.10 Å². The van der Waals surface area contributed by atoms with Gasteiger partial charge in [-0.3, -0.25) is 4.79 Å². The molecule has 8 heteroatoms. The Kier molecular flexibility index (Phi) is 5.38. The van der Waals surface area contributed by atoms with E-state index in [9.17, 15) is 4.79 Å². The fourth-order valence-electron chi connectivity index (χ4n) is 3.23. The predicted octanol–water partition coefficient (Wildman–Crippen LogP) is 2.86. The average molecular weight is 401 g/mol. The van der Waals surface area contributed by atoms with E-state index in [-0.39, 0.29) is 5.91 Å². The van der Waals surface area contributed by atoms with Gasteiger partial charge < -0.3 is 9.88 Å². The third-order valence-electron chi connectivity index (χ3n) is 4.99. The lowest BCUT2D eigenvalue weighted by atomic mass is 10.0. The summed E-state index contributed by atoms with van der Waals surface area (Å²) in [4.78, 5) is 17.2. The van der Waals surface area contributed by atoms with Crippen LogP contribution in [-0.4, -0.2) is 35.7 Å². The Morgan fingerprint density at radius 2 is 1.87 bits per heavy atom. The first-order chi connectivity index (χ1) is 14.5. The molecule has 0 fully saturated rings. The van der Waals surface area contributed by atoms with Crippen molar-refractivity contribution in [2.24, 2.45) is 7.05 Å². The molecule has 152 valence electrons. The number of imidazole rings is 1. The topological polar surface area (TPSA) is 90.5 Å². The minimum Gasteiger partial charge on any atom is -0.345 e. The second-order valence-electron chi connectivity index (χ2n) is 7.13. The molecule has 0 aliphatic carbocycles. The quantitative estimate of drug-likeness (QED) is 0.536. The van der Waals surface area contributed by atoms with Crippen LogP contribution < -0.4 is 5.32 Å². The van der Waals surface area contributed by atoms with Crippen LogP contribution in [0.1, 0.15) is 34.5 Å². The molecule has 0 spiro atoms. The Hall–Kier alpha value is -3.81. The van der Waals surface area contributed by atoms with E-state index < -0.39 is 0 Å². The van der Waals surface area contributed by atoms with Crippen LogP contribution in [0.3, 0.4) is 0 Å². The predicted molar refractivity (Wildman–Crippen MR) is 113 cm³/mol. The maximum absolute atomic E-state index is 13.0. The molecular weight excluding hydrogens is 378 g/mol. The van der Waals surface area contributed by atoms with Gasteiger partial charge in [-0.2, -0.15) is 4.68 Å². The van der Waals surface area contributed by atoms with Crippen LogP contribution in [0.4, 0.5) is 0 Å². The zero-order chi connectivity index (χ0) is 21.1. The minimum absolute atomic E-state index is 0.181. The normalized spacial score (nSPS) is 10.9. The second kappa shape index (κ2) is 8.28. The summed E-state index contributed by atoms with van der Waals surface area (Å²) in [7, 11) is 1.90. The summed E-state index contributed by atoms with van der Waals surface area (Å²) in [5.41, 5.74) is 4.41. The highest BCUT2D eigenvalue weighted by atomic mass is 16.1. The van der Waals surface area contributed by atoms with Crippen molar-refractivity contribution in [3.05, 3.63) is 77.6 Å². The van der Waals surface area contributed by atoms with Gasteiger partial charge in [0.15, 0.2) is 5.82 Å². The zero-order valence-corrected chi connectivity index (χ0v) is 17.2. The van der Waals surface area contributed by atoms with Crippen LogP contribution in [0.25, 0.3) is 16.8 Å². The monoisotopic (exact) mass is 401 g/mol. The van der Waals surface area contributed by atoms with Gasteiger partial charge in [0.2, 0.25) is 0 Å². The van der Waals surface area contributed by atoms with Gasteiger partial charge in [0.05, 0.1) is 12.2 Å². The van der Waals surface area contributed by atoms with Gasteiger partial charge in [0, 0.05) is 31.4 Å². The van der Waals surface area contributed by atoms with E-state index in [4.69, 9.17) is 0 Å². The molecular formula is C22H23N7O. The van der Waals surface area contributed by atoms with Crippen molar-refractivity contribution >= 4 is 5.91 Å². The standard InChI is InChI=1S/C22H23N7O/c1-4-20-25-26-27-29(20)19-12-17(16-7-5-15(2)6-8-16)11-18(13-19)22(30)24-14-21-23-9-10-28(21)3/h5-13H,4,14H2,1-3H3,(H,24,30). The van der Waals surface area contributed by atoms with Crippen LogP contribution in [0.15, 0.2) is 54.9 Å². The third kappa shape index (κ3) is 3.98. The molecule has 0 aliphatic rings. The summed E-state index contributed by atoms with van der Waals surface area (Å²) in [6.45, 7) is 4.38. The number of nitrogens with one attached hydrogen (secondary N) is 1. The number of hydrogen-bond acceptors (Lipinski definition) is 5. The van der Waals surface area contributed by atoms with Gasteiger partial charge >= 0.3 is 0 Å². The van der Waals surface area contributed by atoms with Crippen LogP contribution in [0, 0.1) is 6.92 Å². The minimum atomic E-state index is -0.181. The molecule has 0 aliphatic heterocycles. The van der Waals surface area contributed by atoms with Crippen molar-refractivity contribution in [3.8, 4) is 16.8 Å². The summed E-state index contributed by atoms with van der Waals surface area (Å²) in [6.07, 6.45) is 4.24. The van der Waals surface area contributed by atoms with E-state index in [1.54, 1.807) is 16.9 Å². The number of carbonyl (C=O) groups excluding carboxylic acids is 1. The van der Waals surface area contributed by atoms with E-state index >= 15 is 0 Å². The number of carbonyl (C=O) groups is 1. The number of hydrogen-bond donors (Lipinski definition) is 1. The average Bonchev–Trinajstić information content (AvgIpc) is 3.40. The summed E-state index contributed by atoms with van der Waals surface area (Å²) in [5.74, 6) is 1.33. The molecule has 2 heterocycles. The lowest BCUT2D eigenvalue weighted by Crippen LogP contribution is -2.24. The van der Waals surface area contributed by atoms with E-state index in [1.165, 1.54) is 5.56 Å². The van der Waals surface area contributed by atoms with Crippen molar-refractivity contribution in [1.29, 1.82) is 0 Å². The molecule has 4 aromatic rings. The highest BCUT2D eigenvalue weighted by molar-refractivity contribution is 5.96. The van der Waals surface area contributed by atoms with Crippen molar-refractivity contribution < 1.29 is 4.79 Å². The first-order valence-electron chi connectivity index (χ1n) is 9.79. The molecule has 0 unspecified atom stereocenters. The Morgan fingerprint density at radius 1 is 1.07 bits per heavy atom. The van der Waals surface area contributed by atoms with Crippen molar-refractivity contribution in [1.82, 2.24) is 35.1 Å². The van der Waals surface area contributed by atoms with Gasteiger partial charge in [0.25, 0.3) is 5.91 Å². The van der Waals surface area contributed by atoms with Crippen LogP contribution in [0.2, 0.25) is 0 Å². The number of tetrazole rings is 1.